The maximum absolute atomic E-state index is 9.45. The summed E-state index contributed by atoms with van der Waals surface area (Å²) in [4.78, 5) is 4.87. The van der Waals surface area contributed by atoms with Crippen LogP contribution in [-0.4, -0.2) is 41.1 Å². The van der Waals surface area contributed by atoms with Gasteiger partial charge in [0.05, 0.1) is 6.61 Å². The lowest BCUT2D eigenvalue weighted by atomic mass is 10.1. The Bertz CT molecular complexity index is 665. The number of rotatable bonds is 5. The fourth-order valence-corrected chi connectivity index (χ4v) is 3.74. The number of hydrogen-bond donors (Lipinski definition) is 1. The molecule has 0 amide bonds. The summed E-state index contributed by atoms with van der Waals surface area (Å²) in [7, 11) is 0. The molecule has 2 aromatic rings. The van der Waals surface area contributed by atoms with Crippen molar-refractivity contribution in [3.05, 3.63) is 69.2 Å². The Morgan fingerprint density at radius 2 is 1.33 bits per heavy atom. The molecule has 2 aromatic carbocycles. The summed E-state index contributed by atoms with van der Waals surface area (Å²) in [5, 5.41) is 10.8. The summed E-state index contributed by atoms with van der Waals surface area (Å²) in [6.45, 7) is 5.96. The highest BCUT2D eigenvalue weighted by atomic mass is 35.5. The predicted octanol–water partition coefficient (Wildman–Crippen LogP) is 3.80. The van der Waals surface area contributed by atoms with E-state index in [9.17, 15) is 5.11 Å². The smallest absolute Gasteiger partial charge is 0.0685 e. The van der Waals surface area contributed by atoms with E-state index in [2.05, 4.69) is 15.9 Å². The number of aliphatic hydroxyl groups is 1. The minimum absolute atomic E-state index is 0.103. The second-order valence-electron chi connectivity index (χ2n) is 6.26. The van der Waals surface area contributed by atoms with Gasteiger partial charge in [-0.2, -0.15) is 0 Å². The fourth-order valence-electron chi connectivity index (χ4n) is 3.17. The van der Waals surface area contributed by atoms with Crippen molar-refractivity contribution in [2.24, 2.45) is 0 Å². The summed E-state index contributed by atoms with van der Waals surface area (Å²) < 4.78 is 0. The summed E-state index contributed by atoms with van der Waals surface area (Å²) in [5.74, 6) is 0. The van der Waals surface area contributed by atoms with Crippen LogP contribution < -0.4 is 0 Å². The van der Waals surface area contributed by atoms with Gasteiger partial charge in [-0.25, -0.2) is 0 Å². The van der Waals surface area contributed by atoms with Crippen molar-refractivity contribution in [2.45, 2.75) is 19.7 Å². The molecule has 3 nitrogen and oxygen atoms in total. The molecule has 0 saturated carbocycles. The van der Waals surface area contributed by atoms with E-state index in [1.807, 2.05) is 30.3 Å². The molecule has 24 heavy (non-hydrogen) atoms. The molecule has 0 aliphatic carbocycles. The normalized spacial score (nSPS) is 16.5. The minimum Gasteiger partial charge on any atom is -0.392 e. The maximum Gasteiger partial charge on any atom is 0.0685 e. The van der Waals surface area contributed by atoms with E-state index in [1.165, 1.54) is 5.56 Å². The number of aliphatic hydroxyl groups excluding tert-OH is 1. The van der Waals surface area contributed by atoms with Crippen LogP contribution in [0.2, 0.25) is 10.0 Å². The molecule has 0 unspecified atom stereocenters. The van der Waals surface area contributed by atoms with Gasteiger partial charge in [0, 0.05) is 49.3 Å². The van der Waals surface area contributed by atoms with Gasteiger partial charge in [0.2, 0.25) is 0 Å². The van der Waals surface area contributed by atoms with Gasteiger partial charge in [0.1, 0.15) is 0 Å². The average molecular weight is 365 g/mol. The predicted molar refractivity (Wildman–Crippen MR) is 99.4 cm³/mol. The van der Waals surface area contributed by atoms with Crippen molar-refractivity contribution in [2.75, 3.05) is 26.2 Å². The molecule has 1 aliphatic heterocycles. The second-order valence-corrected chi connectivity index (χ2v) is 7.13. The molecule has 1 heterocycles. The van der Waals surface area contributed by atoms with E-state index in [4.69, 9.17) is 23.2 Å². The van der Waals surface area contributed by atoms with E-state index in [0.29, 0.717) is 10.0 Å². The van der Waals surface area contributed by atoms with Crippen molar-refractivity contribution in [3.63, 3.8) is 0 Å². The van der Waals surface area contributed by atoms with Crippen LogP contribution in [0.4, 0.5) is 0 Å². The van der Waals surface area contributed by atoms with Crippen LogP contribution in [0, 0.1) is 0 Å². The Morgan fingerprint density at radius 1 is 0.792 bits per heavy atom. The summed E-state index contributed by atoms with van der Waals surface area (Å²) in [5.41, 5.74) is 3.40. The van der Waals surface area contributed by atoms with Crippen molar-refractivity contribution in [1.29, 1.82) is 0 Å². The standard InChI is InChI=1S/C19H22Cl2N2O/c20-18-9-15(10-19(21)11-18)12-22-5-7-23(8-6-22)13-16-3-1-2-4-17(16)14-24/h1-4,9-11,24H,5-8,12-14H2. The Balaban J connectivity index is 1.54. The first-order chi connectivity index (χ1) is 11.6. The van der Waals surface area contributed by atoms with Gasteiger partial charge in [0.25, 0.3) is 0 Å². The summed E-state index contributed by atoms with van der Waals surface area (Å²) in [6.07, 6.45) is 0. The van der Waals surface area contributed by atoms with Crippen LogP contribution >= 0.6 is 23.2 Å². The average Bonchev–Trinajstić information content (AvgIpc) is 2.56. The van der Waals surface area contributed by atoms with Crippen molar-refractivity contribution < 1.29 is 5.11 Å². The zero-order chi connectivity index (χ0) is 16.9. The van der Waals surface area contributed by atoms with E-state index < -0.39 is 0 Å². The van der Waals surface area contributed by atoms with Gasteiger partial charge < -0.3 is 5.11 Å². The highest BCUT2D eigenvalue weighted by molar-refractivity contribution is 6.34. The number of hydrogen-bond acceptors (Lipinski definition) is 3. The minimum atomic E-state index is 0.103. The lowest BCUT2D eigenvalue weighted by Gasteiger charge is -2.35. The summed E-state index contributed by atoms with van der Waals surface area (Å²) >= 11 is 12.2. The zero-order valence-electron chi connectivity index (χ0n) is 13.6. The third-order valence-electron chi connectivity index (χ3n) is 4.48. The van der Waals surface area contributed by atoms with E-state index >= 15 is 0 Å². The Morgan fingerprint density at radius 3 is 1.92 bits per heavy atom. The topological polar surface area (TPSA) is 26.7 Å². The van der Waals surface area contributed by atoms with Crippen molar-refractivity contribution >= 4 is 23.2 Å². The molecular formula is C19H22Cl2N2O. The quantitative estimate of drug-likeness (QED) is 0.873. The van der Waals surface area contributed by atoms with Gasteiger partial charge in [0.15, 0.2) is 0 Å². The molecule has 128 valence electrons. The SMILES string of the molecule is OCc1ccccc1CN1CCN(Cc2cc(Cl)cc(Cl)c2)CC1. The van der Waals surface area contributed by atoms with E-state index in [-0.39, 0.29) is 6.61 Å². The van der Waals surface area contributed by atoms with Crippen molar-refractivity contribution in [1.82, 2.24) is 9.80 Å². The lowest BCUT2D eigenvalue weighted by molar-refractivity contribution is 0.121. The van der Waals surface area contributed by atoms with Crippen LogP contribution in [0.5, 0.6) is 0 Å². The Labute approximate surface area is 153 Å². The van der Waals surface area contributed by atoms with Crippen LogP contribution in [0.25, 0.3) is 0 Å². The largest absolute Gasteiger partial charge is 0.392 e. The van der Waals surface area contributed by atoms with Gasteiger partial charge >= 0.3 is 0 Å². The molecule has 0 aromatic heterocycles. The van der Waals surface area contributed by atoms with Crippen LogP contribution in [-0.2, 0) is 19.7 Å². The molecule has 0 spiro atoms. The Hall–Kier alpha value is -1.10. The van der Waals surface area contributed by atoms with E-state index in [1.54, 1.807) is 6.07 Å². The summed E-state index contributed by atoms with van der Waals surface area (Å²) in [6, 6.07) is 13.8. The van der Waals surface area contributed by atoms with Crippen LogP contribution in [0.15, 0.2) is 42.5 Å². The molecule has 5 heteroatoms. The van der Waals surface area contributed by atoms with Gasteiger partial charge in [-0.15, -0.1) is 0 Å². The Kier molecular flexibility index (Phi) is 6.14. The molecule has 1 fully saturated rings. The molecule has 0 bridgehead atoms. The van der Waals surface area contributed by atoms with E-state index in [0.717, 1.165) is 50.4 Å². The van der Waals surface area contributed by atoms with Crippen molar-refractivity contribution in [3.8, 4) is 0 Å². The molecule has 1 N–H and O–H groups in total. The first-order valence-corrected chi connectivity index (χ1v) is 8.97. The highest BCUT2D eigenvalue weighted by Crippen LogP contribution is 2.21. The molecule has 0 atom stereocenters. The molecule has 3 rings (SSSR count). The van der Waals surface area contributed by atoms with Gasteiger partial charge in [-0.05, 0) is 34.9 Å². The third-order valence-corrected chi connectivity index (χ3v) is 4.91. The van der Waals surface area contributed by atoms with Gasteiger partial charge in [-0.1, -0.05) is 47.5 Å². The number of benzene rings is 2. The second kappa shape index (κ2) is 8.32. The molecule has 0 radical (unpaired) electrons. The molecule has 1 aliphatic rings. The molecule has 1 saturated heterocycles. The third kappa shape index (κ3) is 4.71. The maximum atomic E-state index is 9.45. The number of halogens is 2. The monoisotopic (exact) mass is 364 g/mol. The first kappa shape index (κ1) is 17.7. The number of piperazine rings is 1. The fraction of sp³-hybridized carbons (Fsp3) is 0.368. The lowest BCUT2D eigenvalue weighted by Crippen LogP contribution is -2.45. The first-order valence-electron chi connectivity index (χ1n) is 8.21. The van der Waals surface area contributed by atoms with Gasteiger partial charge in [-0.3, -0.25) is 9.80 Å². The number of nitrogens with zero attached hydrogens (tertiary/aromatic N) is 2. The molecular weight excluding hydrogens is 343 g/mol. The highest BCUT2D eigenvalue weighted by Gasteiger charge is 2.18. The zero-order valence-corrected chi connectivity index (χ0v) is 15.1. The van der Waals surface area contributed by atoms with Crippen LogP contribution in [0.1, 0.15) is 16.7 Å². The van der Waals surface area contributed by atoms with Crippen LogP contribution in [0.3, 0.4) is 0 Å².